The molecule has 0 spiro atoms. The second-order valence-electron chi connectivity index (χ2n) is 7.59. The highest BCUT2D eigenvalue weighted by molar-refractivity contribution is 6.30. The average molecular weight is 435 g/mol. The number of aryl methyl sites for hydroxylation is 2. The largest absolute Gasteiger partial charge is 0.489 e. The number of ether oxygens (including phenoxy) is 2. The molecule has 0 bridgehead atoms. The third-order valence-electron chi connectivity index (χ3n) is 5.32. The molecule has 0 aromatic heterocycles. The Morgan fingerprint density at radius 3 is 2.57 bits per heavy atom. The number of methoxy groups -OCH3 is 1. The molecule has 2 aromatic carbocycles. The Hall–Kier alpha value is -2.40. The highest BCUT2D eigenvalue weighted by Gasteiger charge is 2.35. The van der Waals surface area contributed by atoms with Crippen molar-refractivity contribution in [2.45, 2.75) is 45.0 Å². The van der Waals surface area contributed by atoms with Crippen LogP contribution in [0.4, 0.5) is 8.78 Å². The molecule has 0 atom stereocenters. The van der Waals surface area contributed by atoms with Crippen LogP contribution in [0.3, 0.4) is 0 Å². The van der Waals surface area contributed by atoms with E-state index in [9.17, 15) is 13.6 Å². The highest BCUT2D eigenvalue weighted by Crippen LogP contribution is 2.41. The SMILES string of the molecule is COC(=O)CCc1ccc(OCC2=C(c3ccc(Cl)cc3)CCC(F)(F)C2)c(C)c1. The summed E-state index contributed by atoms with van der Waals surface area (Å²) in [5.41, 5.74) is 4.32. The zero-order valence-electron chi connectivity index (χ0n) is 17.1. The van der Waals surface area contributed by atoms with Crippen LogP contribution >= 0.6 is 11.6 Å². The second-order valence-corrected chi connectivity index (χ2v) is 8.02. The fourth-order valence-corrected chi connectivity index (χ4v) is 3.80. The van der Waals surface area contributed by atoms with E-state index in [0.717, 1.165) is 22.3 Å². The summed E-state index contributed by atoms with van der Waals surface area (Å²) in [6.45, 7) is 2.01. The van der Waals surface area contributed by atoms with Crippen molar-refractivity contribution < 1.29 is 23.0 Å². The van der Waals surface area contributed by atoms with Crippen molar-refractivity contribution in [2.75, 3.05) is 13.7 Å². The maximum Gasteiger partial charge on any atom is 0.305 e. The smallest absolute Gasteiger partial charge is 0.305 e. The predicted molar refractivity (Wildman–Crippen MR) is 114 cm³/mol. The average Bonchev–Trinajstić information content (AvgIpc) is 2.71. The monoisotopic (exact) mass is 434 g/mol. The maximum atomic E-state index is 14.1. The highest BCUT2D eigenvalue weighted by atomic mass is 35.5. The number of benzene rings is 2. The van der Waals surface area contributed by atoms with Crippen LogP contribution < -0.4 is 4.74 Å². The van der Waals surface area contributed by atoms with E-state index in [1.807, 2.05) is 37.3 Å². The Morgan fingerprint density at radius 2 is 1.90 bits per heavy atom. The Balaban J connectivity index is 1.75. The molecule has 1 aliphatic rings. The lowest BCUT2D eigenvalue weighted by atomic mass is 9.85. The minimum atomic E-state index is -2.72. The lowest BCUT2D eigenvalue weighted by Crippen LogP contribution is -2.24. The van der Waals surface area contributed by atoms with Gasteiger partial charge >= 0.3 is 5.97 Å². The third kappa shape index (κ3) is 5.82. The minimum absolute atomic E-state index is 0.107. The summed E-state index contributed by atoms with van der Waals surface area (Å²) in [4.78, 5) is 11.3. The first-order valence-corrected chi connectivity index (χ1v) is 10.3. The van der Waals surface area contributed by atoms with Gasteiger partial charge in [0.15, 0.2) is 0 Å². The number of halogens is 3. The molecule has 3 rings (SSSR count). The summed E-state index contributed by atoms with van der Waals surface area (Å²) in [7, 11) is 1.37. The summed E-state index contributed by atoms with van der Waals surface area (Å²) >= 11 is 5.97. The van der Waals surface area contributed by atoms with Crippen LogP contribution in [-0.2, 0) is 16.0 Å². The van der Waals surface area contributed by atoms with Gasteiger partial charge in [0.25, 0.3) is 5.92 Å². The number of hydrogen-bond acceptors (Lipinski definition) is 3. The Labute approximate surface area is 180 Å². The quantitative estimate of drug-likeness (QED) is 0.472. The molecule has 1 aliphatic carbocycles. The Bertz CT molecular complexity index is 936. The molecule has 0 amide bonds. The number of carbonyl (C=O) groups excluding carboxylic acids is 1. The fraction of sp³-hybridized carbons (Fsp3) is 0.375. The summed E-state index contributed by atoms with van der Waals surface area (Å²) < 4.78 is 38.8. The van der Waals surface area contributed by atoms with Gasteiger partial charge in [-0.2, -0.15) is 0 Å². The Morgan fingerprint density at radius 1 is 1.17 bits per heavy atom. The number of hydrogen-bond donors (Lipinski definition) is 0. The zero-order valence-corrected chi connectivity index (χ0v) is 17.9. The first kappa shape index (κ1) is 22.3. The van der Waals surface area contributed by atoms with Crippen molar-refractivity contribution >= 4 is 23.1 Å². The van der Waals surface area contributed by atoms with Crippen molar-refractivity contribution in [3.8, 4) is 5.75 Å². The van der Waals surface area contributed by atoms with Gasteiger partial charge in [0.05, 0.1) is 7.11 Å². The van der Waals surface area contributed by atoms with E-state index in [0.29, 0.717) is 35.6 Å². The van der Waals surface area contributed by atoms with Gasteiger partial charge in [0, 0.05) is 24.3 Å². The molecule has 160 valence electrons. The minimum Gasteiger partial charge on any atom is -0.489 e. The molecule has 0 saturated carbocycles. The van der Waals surface area contributed by atoms with Crippen molar-refractivity contribution in [1.29, 1.82) is 0 Å². The van der Waals surface area contributed by atoms with E-state index in [1.54, 1.807) is 12.1 Å². The second kappa shape index (κ2) is 9.61. The van der Waals surface area contributed by atoms with Crippen LogP contribution in [0.25, 0.3) is 5.57 Å². The van der Waals surface area contributed by atoms with Crippen LogP contribution in [0.2, 0.25) is 5.02 Å². The summed E-state index contributed by atoms with van der Waals surface area (Å²) in [5, 5.41) is 0.612. The van der Waals surface area contributed by atoms with Crippen LogP contribution in [0.5, 0.6) is 5.75 Å². The molecular weight excluding hydrogens is 410 g/mol. The molecule has 30 heavy (non-hydrogen) atoms. The van der Waals surface area contributed by atoms with Crippen molar-refractivity contribution in [3.05, 3.63) is 69.8 Å². The lowest BCUT2D eigenvalue weighted by Gasteiger charge is -2.28. The van der Waals surface area contributed by atoms with E-state index in [4.69, 9.17) is 16.3 Å². The van der Waals surface area contributed by atoms with Crippen molar-refractivity contribution in [1.82, 2.24) is 0 Å². The van der Waals surface area contributed by atoms with E-state index in [-0.39, 0.29) is 25.4 Å². The normalized spacial score (nSPS) is 15.8. The van der Waals surface area contributed by atoms with Gasteiger partial charge in [-0.25, -0.2) is 8.78 Å². The molecule has 0 fully saturated rings. The molecule has 0 aliphatic heterocycles. The zero-order chi connectivity index (χ0) is 21.7. The maximum absolute atomic E-state index is 14.1. The number of esters is 1. The van der Waals surface area contributed by atoms with E-state index in [2.05, 4.69) is 4.74 Å². The van der Waals surface area contributed by atoms with Crippen LogP contribution in [-0.4, -0.2) is 25.6 Å². The fourth-order valence-electron chi connectivity index (χ4n) is 3.67. The molecule has 0 radical (unpaired) electrons. The molecular formula is C24H25ClF2O3. The molecule has 0 N–H and O–H groups in total. The molecule has 0 heterocycles. The number of carbonyl (C=O) groups is 1. The van der Waals surface area contributed by atoms with E-state index < -0.39 is 5.92 Å². The van der Waals surface area contributed by atoms with Gasteiger partial charge in [-0.3, -0.25) is 4.79 Å². The van der Waals surface area contributed by atoms with Crippen molar-refractivity contribution in [2.24, 2.45) is 0 Å². The van der Waals surface area contributed by atoms with Gasteiger partial charge in [-0.1, -0.05) is 35.9 Å². The lowest BCUT2D eigenvalue weighted by molar-refractivity contribution is -0.140. The van der Waals surface area contributed by atoms with Crippen molar-refractivity contribution in [3.63, 3.8) is 0 Å². The third-order valence-corrected chi connectivity index (χ3v) is 5.57. The molecule has 0 unspecified atom stereocenters. The summed E-state index contributed by atoms with van der Waals surface area (Å²) in [5.74, 6) is -2.33. The standard InChI is InChI=1S/C24H25ClF2O3/c1-16-13-17(4-10-23(28)29-2)3-9-22(16)30-15-19-14-24(26,27)12-11-21(19)18-5-7-20(25)8-6-18/h3,5-9,13H,4,10-12,14-15H2,1-2H3. The predicted octanol–water partition coefficient (Wildman–Crippen LogP) is 6.41. The number of rotatable bonds is 7. The first-order chi connectivity index (χ1) is 14.3. The summed E-state index contributed by atoms with van der Waals surface area (Å²) in [6.07, 6.45) is 0.719. The molecule has 6 heteroatoms. The van der Waals surface area contributed by atoms with E-state index >= 15 is 0 Å². The van der Waals surface area contributed by atoms with Gasteiger partial charge in [-0.05, 0) is 65.8 Å². The van der Waals surface area contributed by atoms with Crippen LogP contribution in [0, 0.1) is 6.92 Å². The van der Waals surface area contributed by atoms with Gasteiger partial charge in [0.1, 0.15) is 12.4 Å². The van der Waals surface area contributed by atoms with Crippen LogP contribution in [0.1, 0.15) is 42.4 Å². The van der Waals surface area contributed by atoms with E-state index in [1.165, 1.54) is 7.11 Å². The van der Waals surface area contributed by atoms with Gasteiger partial charge in [0.2, 0.25) is 0 Å². The Kier molecular flexibility index (Phi) is 7.14. The summed E-state index contributed by atoms with van der Waals surface area (Å²) in [6, 6.07) is 12.9. The van der Waals surface area contributed by atoms with Crippen LogP contribution in [0.15, 0.2) is 48.0 Å². The first-order valence-electron chi connectivity index (χ1n) is 9.91. The topological polar surface area (TPSA) is 35.5 Å². The molecule has 3 nitrogen and oxygen atoms in total. The van der Waals surface area contributed by atoms with Gasteiger partial charge < -0.3 is 9.47 Å². The molecule has 0 saturated heterocycles. The number of alkyl halides is 2. The van der Waals surface area contributed by atoms with Gasteiger partial charge in [-0.15, -0.1) is 0 Å². The number of allylic oxidation sites excluding steroid dienone is 1. The molecule has 2 aromatic rings.